The Hall–Kier alpha value is -0.870. The van der Waals surface area contributed by atoms with Crippen molar-refractivity contribution in [1.82, 2.24) is 5.32 Å². The fourth-order valence-electron chi connectivity index (χ4n) is 1.49. The molecule has 0 aromatic heterocycles. The zero-order valence-corrected chi connectivity index (χ0v) is 12.6. The van der Waals surface area contributed by atoms with Crippen molar-refractivity contribution < 1.29 is 4.79 Å². The summed E-state index contributed by atoms with van der Waals surface area (Å²) >= 11 is 3.40. The van der Waals surface area contributed by atoms with E-state index in [0.29, 0.717) is 12.3 Å². The highest BCUT2D eigenvalue weighted by atomic mass is 79.9. The minimum atomic E-state index is 0.0407. The molecule has 0 bridgehead atoms. The van der Waals surface area contributed by atoms with Crippen LogP contribution in [0.2, 0.25) is 0 Å². The standard InChI is InChI=1S/C14H21BrN2O/c1-11(2)7-9-16-10-8-14(18)17-13-6-4-3-5-12(13)15/h3-6,11,16H,7-10H2,1-2H3,(H,17,18). The van der Waals surface area contributed by atoms with Crippen LogP contribution in [0.15, 0.2) is 28.7 Å². The molecule has 3 nitrogen and oxygen atoms in total. The van der Waals surface area contributed by atoms with Crippen LogP contribution in [-0.2, 0) is 4.79 Å². The van der Waals surface area contributed by atoms with Crippen molar-refractivity contribution >= 4 is 27.5 Å². The van der Waals surface area contributed by atoms with E-state index < -0.39 is 0 Å². The lowest BCUT2D eigenvalue weighted by Gasteiger charge is -2.08. The number of rotatable bonds is 7. The molecule has 0 heterocycles. The van der Waals surface area contributed by atoms with Crippen LogP contribution in [0.1, 0.15) is 26.7 Å². The van der Waals surface area contributed by atoms with Gasteiger partial charge in [-0.25, -0.2) is 0 Å². The third-order valence-corrected chi connectivity index (χ3v) is 3.27. The third-order valence-electron chi connectivity index (χ3n) is 2.58. The summed E-state index contributed by atoms with van der Waals surface area (Å²) < 4.78 is 0.908. The SMILES string of the molecule is CC(C)CCNCCC(=O)Nc1ccccc1Br. The molecule has 0 aliphatic heterocycles. The second-order valence-corrected chi connectivity index (χ2v) is 5.56. The van der Waals surface area contributed by atoms with Crippen molar-refractivity contribution in [2.24, 2.45) is 5.92 Å². The van der Waals surface area contributed by atoms with Crippen LogP contribution in [0.4, 0.5) is 5.69 Å². The van der Waals surface area contributed by atoms with E-state index in [1.54, 1.807) is 0 Å². The number of amides is 1. The van der Waals surface area contributed by atoms with Gasteiger partial charge in [-0.05, 0) is 46.9 Å². The molecule has 0 saturated carbocycles. The number of carbonyl (C=O) groups is 1. The van der Waals surface area contributed by atoms with Crippen molar-refractivity contribution in [3.8, 4) is 0 Å². The summed E-state index contributed by atoms with van der Waals surface area (Å²) in [4.78, 5) is 11.7. The molecule has 0 aliphatic carbocycles. The van der Waals surface area contributed by atoms with Crippen LogP contribution in [0.5, 0.6) is 0 Å². The Balaban J connectivity index is 2.20. The molecule has 0 radical (unpaired) electrons. The maximum absolute atomic E-state index is 11.7. The van der Waals surface area contributed by atoms with Crippen LogP contribution < -0.4 is 10.6 Å². The largest absolute Gasteiger partial charge is 0.325 e. The third kappa shape index (κ3) is 6.17. The molecule has 0 atom stereocenters. The van der Waals surface area contributed by atoms with E-state index in [1.807, 2.05) is 24.3 Å². The van der Waals surface area contributed by atoms with Crippen molar-refractivity contribution in [3.63, 3.8) is 0 Å². The van der Waals surface area contributed by atoms with Gasteiger partial charge in [-0.3, -0.25) is 4.79 Å². The number of hydrogen-bond donors (Lipinski definition) is 2. The lowest BCUT2D eigenvalue weighted by atomic mass is 10.1. The van der Waals surface area contributed by atoms with Gasteiger partial charge in [-0.1, -0.05) is 26.0 Å². The summed E-state index contributed by atoms with van der Waals surface area (Å²) in [5.41, 5.74) is 0.824. The first-order chi connectivity index (χ1) is 8.59. The first-order valence-electron chi connectivity index (χ1n) is 6.34. The zero-order valence-electron chi connectivity index (χ0n) is 11.0. The number of benzene rings is 1. The Morgan fingerprint density at radius 2 is 2.00 bits per heavy atom. The van der Waals surface area contributed by atoms with E-state index in [1.165, 1.54) is 0 Å². The molecule has 1 aromatic carbocycles. The van der Waals surface area contributed by atoms with E-state index in [2.05, 4.69) is 40.4 Å². The molecule has 1 aromatic rings. The monoisotopic (exact) mass is 312 g/mol. The highest BCUT2D eigenvalue weighted by molar-refractivity contribution is 9.10. The molecule has 18 heavy (non-hydrogen) atoms. The quantitative estimate of drug-likeness (QED) is 0.757. The van der Waals surface area contributed by atoms with Gasteiger partial charge in [0.15, 0.2) is 0 Å². The lowest BCUT2D eigenvalue weighted by Crippen LogP contribution is -2.23. The Kier molecular flexibility index (Phi) is 6.98. The molecule has 0 aliphatic rings. The normalized spacial score (nSPS) is 10.7. The minimum Gasteiger partial charge on any atom is -0.325 e. The van der Waals surface area contributed by atoms with E-state index in [4.69, 9.17) is 0 Å². The van der Waals surface area contributed by atoms with Gasteiger partial charge in [-0.2, -0.15) is 0 Å². The maximum atomic E-state index is 11.7. The first kappa shape index (κ1) is 15.2. The van der Waals surface area contributed by atoms with Gasteiger partial charge in [0, 0.05) is 17.4 Å². The molecular formula is C14H21BrN2O. The van der Waals surface area contributed by atoms with Gasteiger partial charge in [0.05, 0.1) is 5.69 Å². The average molecular weight is 313 g/mol. The van der Waals surface area contributed by atoms with Crippen LogP contribution >= 0.6 is 15.9 Å². The molecule has 1 amide bonds. The number of anilines is 1. The van der Waals surface area contributed by atoms with Crippen molar-refractivity contribution in [2.75, 3.05) is 18.4 Å². The molecule has 0 spiro atoms. The van der Waals surface area contributed by atoms with Crippen molar-refractivity contribution in [3.05, 3.63) is 28.7 Å². The molecule has 1 rings (SSSR count). The van der Waals surface area contributed by atoms with E-state index >= 15 is 0 Å². The van der Waals surface area contributed by atoms with E-state index in [9.17, 15) is 4.79 Å². The van der Waals surface area contributed by atoms with E-state index in [0.717, 1.165) is 29.7 Å². The van der Waals surface area contributed by atoms with Crippen molar-refractivity contribution in [1.29, 1.82) is 0 Å². The minimum absolute atomic E-state index is 0.0407. The number of para-hydroxylation sites is 1. The van der Waals surface area contributed by atoms with Gasteiger partial charge < -0.3 is 10.6 Å². The predicted molar refractivity (Wildman–Crippen MR) is 79.7 cm³/mol. The highest BCUT2D eigenvalue weighted by Gasteiger charge is 2.04. The summed E-state index contributed by atoms with van der Waals surface area (Å²) in [5, 5.41) is 6.16. The summed E-state index contributed by atoms with van der Waals surface area (Å²) in [6.07, 6.45) is 1.64. The topological polar surface area (TPSA) is 41.1 Å². The average Bonchev–Trinajstić information content (AvgIpc) is 2.31. The van der Waals surface area contributed by atoms with Gasteiger partial charge in [-0.15, -0.1) is 0 Å². The van der Waals surface area contributed by atoms with Gasteiger partial charge >= 0.3 is 0 Å². The first-order valence-corrected chi connectivity index (χ1v) is 7.14. The van der Waals surface area contributed by atoms with Crippen LogP contribution in [0.25, 0.3) is 0 Å². The highest BCUT2D eigenvalue weighted by Crippen LogP contribution is 2.21. The van der Waals surface area contributed by atoms with Crippen molar-refractivity contribution in [2.45, 2.75) is 26.7 Å². The molecule has 0 fully saturated rings. The van der Waals surface area contributed by atoms with Gasteiger partial charge in [0.2, 0.25) is 5.91 Å². The summed E-state index contributed by atoms with van der Waals surface area (Å²) in [7, 11) is 0. The number of nitrogens with one attached hydrogen (secondary N) is 2. The molecular weight excluding hydrogens is 292 g/mol. The zero-order chi connectivity index (χ0) is 13.4. The summed E-state index contributed by atoms with van der Waals surface area (Å²) in [6, 6.07) is 7.62. The molecule has 100 valence electrons. The second kappa shape index (κ2) is 8.27. The smallest absolute Gasteiger partial charge is 0.225 e. The van der Waals surface area contributed by atoms with Gasteiger partial charge in [0.1, 0.15) is 0 Å². The Bertz CT molecular complexity index is 380. The number of hydrogen-bond acceptors (Lipinski definition) is 2. The molecule has 4 heteroatoms. The fraction of sp³-hybridized carbons (Fsp3) is 0.500. The Labute approximate surface area is 117 Å². The Morgan fingerprint density at radius 3 is 2.67 bits per heavy atom. The molecule has 0 saturated heterocycles. The van der Waals surface area contributed by atoms with Crippen LogP contribution in [0, 0.1) is 5.92 Å². The number of halogens is 1. The second-order valence-electron chi connectivity index (χ2n) is 4.71. The summed E-state index contributed by atoms with van der Waals surface area (Å²) in [5.74, 6) is 0.741. The predicted octanol–water partition coefficient (Wildman–Crippen LogP) is 3.41. The Morgan fingerprint density at radius 1 is 1.28 bits per heavy atom. The lowest BCUT2D eigenvalue weighted by molar-refractivity contribution is -0.116. The molecule has 2 N–H and O–H groups in total. The van der Waals surface area contributed by atoms with Crippen LogP contribution in [0.3, 0.4) is 0 Å². The van der Waals surface area contributed by atoms with E-state index in [-0.39, 0.29) is 5.91 Å². The fourth-order valence-corrected chi connectivity index (χ4v) is 1.88. The molecule has 0 unspecified atom stereocenters. The van der Waals surface area contributed by atoms with Gasteiger partial charge in [0.25, 0.3) is 0 Å². The van der Waals surface area contributed by atoms with Crippen LogP contribution in [-0.4, -0.2) is 19.0 Å². The maximum Gasteiger partial charge on any atom is 0.225 e. The summed E-state index contributed by atoms with van der Waals surface area (Å²) in [6.45, 7) is 6.09. The number of carbonyl (C=O) groups excluding carboxylic acids is 1.